The van der Waals surface area contributed by atoms with Crippen LogP contribution in [-0.4, -0.2) is 22.4 Å². The minimum atomic E-state index is -0.245. The van der Waals surface area contributed by atoms with Crippen LogP contribution in [0.2, 0.25) is 0 Å². The highest BCUT2D eigenvalue weighted by molar-refractivity contribution is 5.93. The zero-order valence-electron chi connectivity index (χ0n) is 12.9. The van der Waals surface area contributed by atoms with Crippen LogP contribution in [0.5, 0.6) is 0 Å². The molecule has 0 spiro atoms. The third-order valence-corrected chi connectivity index (χ3v) is 3.30. The number of rotatable bonds is 6. The fourth-order valence-electron chi connectivity index (χ4n) is 2.14. The van der Waals surface area contributed by atoms with Crippen molar-refractivity contribution in [3.05, 3.63) is 60.1 Å². The molecular weight excluding hydrogens is 276 g/mol. The summed E-state index contributed by atoms with van der Waals surface area (Å²) in [6, 6.07) is 7.80. The summed E-state index contributed by atoms with van der Waals surface area (Å²) in [5, 5.41) is 5.99. The molecule has 0 aliphatic heterocycles. The van der Waals surface area contributed by atoms with Crippen molar-refractivity contribution in [2.75, 3.05) is 11.9 Å². The lowest BCUT2D eigenvalue weighted by molar-refractivity contribution is 0.0953. The van der Waals surface area contributed by atoms with Crippen molar-refractivity contribution < 1.29 is 4.79 Å². The van der Waals surface area contributed by atoms with Gasteiger partial charge in [-0.05, 0) is 24.5 Å². The Labute approximate surface area is 130 Å². The summed E-state index contributed by atoms with van der Waals surface area (Å²) in [5.74, 6) is 0.355. The Balaban J connectivity index is 2.24. The van der Waals surface area contributed by atoms with Crippen LogP contribution in [0.1, 0.15) is 28.5 Å². The molecule has 0 aliphatic carbocycles. The van der Waals surface area contributed by atoms with Crippen molar-refractivity contribution in [3.63, 3.8) is 0 Å². The molecular formula is C17H20N4O. The molecule has 0 aliphatic rings. The molecule has 0 unspecified atom stereocenters. The van der Waals surface area contributed by atoms with Gasteiger partial charge in [-0.15, -0.1) is 6.58 Å². The maximum atomic E-state index is 11.9. The number of aryl methyl sites for hydroxylation is 2. The Hall–Kier alpha value is -2.69. The van der Waals surface area contributed by atoms with E-state index in [0.717, 1.165) is 17.7 Å². The molecule has 0 bridgehead atoms. The van der Waals surface area contributed by atoms with E-state index in [2.05, 4.69) is 40.2 Å². The first-order valence-electron chi connectivity index (χ1n) is 7.22. The zero-order valence-corrected chi connectivity index (χ0v) is 12.9. The summed E-state index contributed by atoms with van der Waals surface area (Å²) < 4.78 is 0. The van der Waals surface area contributed by atoms with Crippen LogP contribution in [0.25, 0.3) is 0 Å². The number of nitrogens with zero attached hydrogens (tertiary/aromatic N) is 2. The van der Waals surface area contributed by atoms with Crippen LogP contribution in [0.4, 0.5) is 11.5 Å². The molecule has 0 radical (unpaired) electrons. The summed E-state index contributed by atoms with van der Waals surface area (Å²) in [5.41, 5.74) is 3.69. The predicted molar refractivity (Wildman–Crippen MR) is 88.4 cm³/mol. The van der Waals surface area contributed by atoms with Gasteiger partial charge < -0.3 is 10.6 Å². The molecule has 5 heteroatoms. The van der Waals surface area contributed by atoms with Gasteiger partial charge in [-0.25, -0.2) is 9.97 Å². The van der Waals surface area contributed by atoms with Gasteiger partial charge in [0.2, 0.25) is 0 Å². The van der Waals surface area contributed by atoms with E-state index < -0.39 is 0 Å². The Morgan fingerprint density at radius 3 is 2.91 bits per heavy atom. The van der Waals surface area contributed by atoms with Crippen LogP contribution in [-0.2, 0) is 6.42 Å². The van der Waals surface area contributed by atoms with Crippen LogP contribution < -0.4 is 10.6 Å². The van der Waals surface area contributed by atoms with Gasteiger partial charge in [-0.2, -0.15) is 0 Å². The van der Waals surface area contributed by atoms with Crippen LogP contribution in [0.3, 0.4) is 0 Å². The number of carbonyl (C=O) groups is 1. The molecule has 1 aromatic carbocycles. The lowest BCUT2D eigenvalue weighted by Gasteiger charge is -2.13. The summed E-state index contributed by atoms with van der Waals surface area (Å²) in [6.45, 7) is 8.12. The highest BCUT2D eigenvalue weighted by Crippen LogP contribution is 2.24. The standard InChI is InChI=1S/C17H20N4O/c1-4-9-18-17(22)14-10-15(20-11-19-14)21-16-12(3)7-6-8-13(16)5-2/h4,6-8,10-11H,1,5,9H2,2-3H3,(H,18,22)(H,19,20,21). The Morgan fingerprint density at radius 2 is 2.18 bits per heavy atom. The summed E-state index contributed by atoms with van der Waals surface area (Å²) >= 11 is 0. The third-order valence-electron chi connectivity index (χ3n) is 3.30. The van der Waals surface area contributed by atoms with Gasteiger partial charge in [0.05, 0.1) is 0 Å². The molecule has 114 valence electrons. The van der Waals surface area contributed by atoms with Crippen molar-refractivity contribution in [3.8, 4) is 0 Å². The monoisotopic (exact) mass is 296 g/mol. The van der Waals surface area contributed by atoms with Crippen molar-refractivity contribution in [2.24, 2.45) is 0 Å². The number of carbonyl (C=O) groups excluding carboxylic acids is 1. The molecule has 22 heavy (non-hydrogen) atoms. The fraction of sp³-hybridized carbons (Fsp3) is 0.235. The summed E-state index contributed by atoms with van der Waals surface area (Å²) in [6.07, 6.45) is 3.93. The maximum Gasteiger partial charge on any atom is 0.270 e. The SMILES string of the molecule is C=CCNC(=O)c1cc(Nc2c(C)cccc2CC)ncn1. The number of anilines is 2. The van der Waals surface area contributed by atoms with Crippen molar-refractivity contribution in [1.29, 1.82) is 0 Å². The number of nitrogens with one attached hydrogen (secondary N) is 2. The van der Waals surface area contributed by atoms with Crippen LogP contribution in [0.15, 0.2) is 43.2 Å². The molecule has 0 atom stereocenters. The number of para-hydroxylation sites is 1. The average molecular weight is 296 g/mol. The lowest BCUT2D eigenvalue weighted by atomic mass is 10.1. The van der Waals surface area contributed by atoms with E-state index in [1.807, 2.05) is 19.1 Å². The van der Waals surface area contributed by atoms with Gasteiger partial charge in [0.1, 0.15) is 17.8 Å². The maximum absolute atomic E-state index is 11.9. The van der Waals surface area contributed by atoms with Gasteiger partial charge in [0.25, 0.3) is 5.91 Å². The van der Waals surface area contributed by atoms with Gasteiger partial charge in [0, 0.05) is 18.3 Å². The van der Waals surface area contributed by atoms with Crippen LogP contribution in [0, 0.1) is 6.92 Å². The number of amides is 1. The lowest BCUT2D eigenvalue weighted by Crippen LogP contribution is -2.24. The molecule has 0 saturated carbocycles. The molecule has 2 rings (SSSR count). The quantitative estimate of drug-likeness (QED) is 0.804. The van der Waals surface area contributed by atoms with Gasteiger partial charge >= 0.3 is 0 Å². The van der Waals surface area contributed by atoms with E-state index >= 15 is 0 Å². The van der Waals surface area contributed by atoms with Crippen molar-refractivity contribution in [1.82, 2.24) is 15.3 Å². The molecule has 1 heterocycles. The Bertz CT molecular complexity index is 682. The number of aromatic nitrogens is 2. The van der Waals surface area contributed by atoms with Crippen LogP contribution >= 0.6 is 0 Å². The topological polar surface area (TPSA) is 66.9 Å². The number of benzene rings is 1. The molecule has 5 nitrogen and oxygen atoms in total. The smallest absolute Gasteiger partial charge is 0.270 e. The summed E-state index contributed by atoms with van der Waals surface area (Å²) in [4.78, 5) is 20.1. The van der Waals surface area contributed by atoms with E-state index in [1.165, 1.54) is 11.9 Å². The zero-order chi connectivity index (χ0) is 15.9. The van der Waals surface area contributed by atoms with Crippen molar-refractivity contribution >= 4 is 17.4 Å². The minimum Gasteiger partial charge on any atom is -0.347 e. The van der Waals surface area contributed by atoms with Gasteiger partial charge in [-0.1, -0.05) is 31.2 Å². The van der Waals surface area contributed by atoms with E-state index in [4.69, 9.17) is 0 Å². The first kappa shape index (κ1) is 15.7. The average Bonchev–Trinajstić information content (AvgIpc) is 2.54. The first-order chi connectivity index (χ1) is 10.7. The Kier molecular flexibility index (Phi) is 5.25. The second kappa shape index (κ2) is 7.36. The van der Waals surface area contributed by atoms with E-state index in [0.29, 0.717) is 18.1 Å². The van der Waals surface area contributed by atoms with Gasteiger partial charge in [-0.3, -0.25) is 4.79 Å². The fourth-order valence-corrected chi connectivity index (χ4v) is 2.14. The third kappa shape index (κ3) is 3.69. The van der Waals surface area contributed by atoms with E-state index in [-0.39, 0.29) is 5.91 Å². The minimum absolute atomic E-state index is 0.245. The highest BCUT2D eigenvalue weighted by Gasteiger charge is 2.10. The number of hydrogen-bond donors (Lipinski definition) is 2. The molecule has 1 amide bonds. The molecule has 1 aromatic heterocycles. The summed E-state index contributed by atoms with van der Waals surface area (Å²) in [7, 11) is 0. The first-order valence-corrected chi connectivity index (χ1v) is 7.22. The van der Waals surface area contributed by atoms with Gasteiger partial charge in [0.15, 0.2) is 0 Å². The molecule has 0 fully saturated rings. The molecule has 2 aromatic rings. The second-order valence-electron chi connectivity index (χ2n) is 4.87. The highest BCUT2D eigenvalue weighted by atomic mass is 16.1. The van der Waals surface area contributed by atoms with E-state index in [9.17, 15) is 4.79 Å². The number of hydrogen-bond acceptors (Lipinski definition) is 4. The molecule has 0 saturated heterocycles. The predicted octanol–water partition coefficient (Wildman–Crippen LogP) is 3.01. The molecule has 2 N–H and O–H groups in total. The second-order valence-corrected chi connectivity index (χ2v) is 4.87. The van der Waals surface area contributed by atoms with E-state index in [1.54, 1.807) is 12.1 Å². The normalized spacial score (nSPS) is 10.1. The van der Waals surface area contributed by atoms with Crippen molar-refractivity contribution in [2.45, 2.75) is 20.3 Å². The largest absolute Gasteiger partial charge is 0.347 e. The Morgan fingerprint density at radius 1 is 1.36 bits per heavy atom.